The van der Waals surface area contributed by atoms with E-state index in [-0.39, 0.29) is 36.9 Å². The minimum absolute atomic E-state index is 0.0653. The molecule has 0 radical (unpaired) electrons. The van der Waals surface area contributed by atoms with Crippen molar-refractivity contribution in [3.8, 4) is 5.75 Å². The number of carbonyl (C=O) groups is 2. The van der Waals surface area contributed by atoms with Crippen molar-refractivity contribution in [3.63, 3.8) is 0 Å². The average molecular weight is 405 g/mol. The van der Waals surface area contributed by atoms with Crippen molar-refractivity contribution in [2.45, 2.75) is 49.9 Å². The van der Waals surface area contributed by atoms with Crippen LogP contribution in [0.1, 0.15) is 37.2 Å². The van der Waals surface area contributed by atoms with Crippen molar-refractivity contribution in [2.24, 2.45) is 5.92 Å². The van der Waals surface area contributed by atoms with Gasteiger partial charge in [-0.05, 0) is 24.6 Å². The van der Waals surface area contributed by atoms with Gasteiger partial charge >= 0.3 is 5.97 Å². The van der Waals surface area contributed by atoms with E-state index in [1.807, 2.05) is 18.2 Å². The second-order valence-electron chi connectivity index (χ2n) is 7.80. The molecule has 8 heteroatoms. The van der Waals surface area contributed by atoms with Crippen LogP contribution >= 0.6 is 0 Å². The normalized spacial score (nSPS) is 29.4. The van der Waals surface area contributed by atoms with Gasteiger partial charge in [0.2, 0.25) is 5.91 Å². The maximum Gasteiger partial charge on any atom is 0.308 e. The van der Waals surface area contributed by atoms with Crippen molar-refractivity contribution in [1.29, 1.82) is 0 Å². The average Bonchev–Trinajstić information content (AvgIpc) is 2.85. The maximum atomic E-state index is 12.9. The van der Waals surface area contributed by atoms with Gasteiger partial charge in [-0.3, -0.25) is 9.59 Å². The number of anilines is 1. The quantitative estimate of drug-likeness (QED) is 0.718. The monoisotopic (exact) mass is 405 g/mol. The van der Waals surface area contributed by atoms with Crippen molar-refractivity contribution in [2.75, 3.05) is 32.2 Å². The maximum absolute atomic E-state index is 12.9. The molecule has 2 N–H and O–H groups in total. The van der Waals surface area contributed by atoms with Crippen LogP contribution < -0.4 is 10.1 Å². The molecular weight excluding hydrogens is 378 g/mol. The molecule has 0 saturated carbocycles. The predicted octanol–water partition coefficient (Wildman–Crippen LogP) is 1.61. The number of methoxy groups -OCH3 is 1. The van der Waals surface area contributed by atoms with Crippen molar-refractivity contribution in [3.05, 3.63) is 23.8 Å². The van der Waals surface area contributed by atoms with E-state index < -0.39 is 18.1 Å². The van der Waals surface area contributed by atoms with Gasteiger partial charge in [0, 0.05) is 30.0 Å². The summed E-state index contributed by atoms with van der Waals surface area (Å²) in [5.74, 6) is -0.624. The number of fused-ring (bicyclic) bond motifs is 4. The summed E-state index contributed by atoms with van der Waals surface area (Å²) in [5, 5.41) is 12.8. The van der Waals surface area contributed by atoms with Crippen molar-refractivity contribution in [1.82, 2.24) is 0 Å². The molecule has 29 heavy (non-hydrogen) atoms. The second-order valence-corrected chi connectivity index (χ2v) is 7.80. The summed E-state index contributed by atoms with van der Waals surface area (Å²) < 4.78 is 22.4. The molecular formula is C21H27NO7. The van der Waals surface area contributed by atoms with Gasteiger partial charge in [-0.25, -0.2) is 0 Å². The summed E-state index contributed by atoms with van der Waals surface area (Å²) in [6, 6.07) is 5.65. The van der Waals surface area contributed by atoms with Crippen LogP contribution in [0.2, 0.25) is 0 Å². The molecule has 0 spiro atoms. The van der Waals surface area contributed by atoms with E-state index in [1.54, 1.807) is 0 Å². The van der Waals surface area contributed by atoms with Gasteiger partial charge in [0.25, 0.3) is 0 Å². The van der Waals surface area contributed by atoms with E-state index in [4.69, 9.17) is 18.9 Å². The first-order valence-electron chi connectivity index (χ1n) is 10.1. The molecule has 1 amide bonds. The lowest BCUT2D eigenvalue weighted by Gasteiger charge is -2.40. The Kier molecular flexibility index (Phi) is 6.03. The second kappa shape index (κ2) is 8.69. The summed E-state index contributed by atoms with van der Waals surface area (Å²) in [6.45, 7) is 1.04. The fraction of sp³-hybridized carbons (Fsp3) is 0.619. The number of esters is 1. The number of hydrogen-bond donors (Lipinski definition) is 2. The van der Waals surface area contributed by atoms with Crippen molar-refractivity contribution >= 4 is 17.6 Å². The Morgan fingerprint density at radius 1 is 1.31 bits per heavy atom. The van der Waals surface area contributed by atoms with E-state index in [2.05, 4.69) is 5.32 Å². The molecule has 1 aromatic rings. The number of aliphatic hydroxyl groups is 1. The van der Waals surface area contributed by atoms with Crippen LogP contribution in [0, 0.1) is 5.92 Å². The number of rotatable bonds is 5. The van der Waals surface area contributed by atoms with Crippen LogP contribution in [0.5, 0.6) is 5.75 Å². The molecule has 0 aromatic heterocycles. The van der Waals surface area contributed by atoms with Gasteiger partial charge < -0.3 is 29.4 Å². The molecule has 8 nitrogen and oxygen atoms in total. The SMILES string of the molecule is COC(=O)C[C@@H]1C[C@@H]2c3cc(ccc3OC3CCOCC3)NC(=O)[C@@H]2[C@@H](CO)O1. The Labute approximate surface area is 169 Å². The number of aliphatic hydroxyl groups excluding tert-OH is 1. The summed E-state index contributed by atoms with van der Waals surface area (Å²) in [6.07, 6.45) is 1.11. The molecule has 2 fully saturated rings. The van der Waals surface area contributed by atoms with Gasteiger partial charge in [0.1, 0.15) is 11.9 Å². The minimum atomic E-state index is -0.700. The highest BCUT2D eigenvalue weighted by molar-refractivity contribution is 5.95. The molecule has 0 aliphatic carbocycles. The highest BCUT2D eigenvalue weighted by Gasteiger charge is 2.46. The smallest absolute Gasteiger partial charge is 0.308 e. The fourth-order valence-electron chi connectivity index (χ4n) is 4.53. The number of amides is 1. The van der Waals surface area contributed by atoms with Gasteiger partial charge in [-0.2, -0.15) is 0 Å². The largest absolute Gasteiger partial charge is 0.490 e. The number of hydrogen-bond acceptors (Lipinski definition) is 7. The zero-order chi connectivity index (χ0) is 20.4. The molecule has 3 aliphatic heterocycles. The van der Waals surface area contributed by atoms with E-state index in [0.29, 0.717) is 25.3 Å². The van der Waals surface area contributed by atoms with Gasteiger partial charge in [0.05, 0.1) is 51.5 Å². The summed E-state index contributed by atoms with van der Waals surface area (Å²) in [5.41, 5.74) is 1.61. The first-order valence-corrected chi connectivity index (χ1v) is 10.1. The molecule has 2 bridgehead atoms. The molecule has 158 valence electrons. The Morgan fingerprint density at radius 3 is 2.83 bits per heavy atom. The van der Waals surface area contributed by atoms with E-state index in [1.165, 1.54) is 7.11 Å². The van der Waals surface area contributed by atoms with Crippen LogP contribution in [-0.4, -0.2) is 62.2 Å². The van der Waals surface area contributed by atoms with Gasteiger partial charge in [-0.1, -0.05) is 0 Å². The lowest BCUT2D eigenvalue weighted by Crippen LogP contribution is -2.47. The van der Waals surface area contributed by atoms with Crippen molar-refractivity contribution < 1.29 is 33.6 Å². The number of ether oxygens (including phenoxy) is 4. The molecule has 4 rings (SSSR count). The van der Waals surface area contributed by atoms with Gasteiger partial charge in [0.15, 0.2) is 0 Å². The molecule has 3 heterocycles. The predicted molar refractivity (Wildman–Crippen MR) is 103 cm³/mol. The Bertz CT molecular complexity index is 761. The third-order valence-corrected chi connectivity index (χ3v) is 5.96. The molecule has 1 aromatic carbocycles. The van der Waals surface area contributed by atoms with Crippen LogP contribution in [0.4, 0.5) is 5.69 Å². The third-order valence-electron chi connectivity index (χ3n) is 5.96. The summed E-state index contributed by atoms with van der Waals surface area (Å²) >= 11 is 0. The highest BCUT2D eigenvalue weighted by Crippen LogP contribution is 2.46. The Morgan fingerprint density at radius 2 is 2.10 bits per heavy atom. The lowest BCUT2D eigenvalue weighted by atomic mass is 9.76. The topological polar surface area (TPSA) is 103 Å². The van der Waals surface area contributed by atoms with Gasteiger partial charge in [-0.15, -0.1) is 0 Å². The summed E-state index contributed by atoms with van der Waals surface area (Å²) in [4.78, 5) is 24.7. The molecule has 4 atom stereocenters. The van der Waals surface area contributed by atoms with E-state index >= 15 is 0 Å². The number of nitrogens with one attached hydrogen (secondary N) is 1. The van der Waals surface area contributed by atoms with E-state index in [0.717, 1.165) is 24.2 Å². The zero-order valence-electron chi connectivity index (χ0n) is 16.5. The Balaban J connectivity index is 1.65. The first kappa shape index (κ1) is 20.1. The number of benzene rings is 1. The minimum Gasteiger partial charge on any atom is -0.490 e. The number of carbonyl (C=O) groups excluding carboxylic acids is 2. The summed E-state index contributed by atoms with van der Waals surface area (Å²) in [7, 11) is 1.33. The fourth-order valence-corrected chi connectivity index (χ4v) is 4.53. The molecule has 2 saturated heterocycles. The van der Waals surface area contributed by atoms with Crippen LogP contribution in [0.15, 0.2) is 18.2 Å². The van der Waals surface area contributed by atoms with Crippen LogP contribution in [0.3, 0.4) is 0 Å². The zero-order valence-corrected chi connectivity index (χ0v) is 16.5. The standard InChI is InChI=1S/C21H27NO7/c1-26-19(24)10-14-9-16-15-8-12(22-21(25)20(16)18(11-23)29-14)2-3-17(15)28-13-4-6-27-7-5-13/h2-3,8,13-14,16,18,20,23H,4-7,9-11H2,1H3,(H,22,25)/t14-,16+,18+,20-/m0/s1. The van der Waals surface area contributed by atoms with Crippen LogP contribution in [-0.2, 0) is 23.8 Å². The highest BCUT2D eigenvalue weighted by atomic mass is 16.5. The third kappa shape index (κ3) is 4.24. The van der Waals surface area contributed by atoms with Crippen LogP contribution in [0.25, 0.3) is 0 Å². The first-order chi connectivity index (χ1) is 14.1. The molecule has 3 aliphatic rings. The Hall–Kier alpha value is -2.16. The molecule has 0 unspecified atom stereocenters. The van der Waals surface area contributed by atoms with E-state index in [9.17, 15) is 14.7 Å². The lowest BCUT2D eigenvalue weighted by molar-refractivity contribution is -0.156.